The number of piperidine rings is 1. The van der Waals surface area contributed by atoms with Crippen LogP contribution < -0.4 is 10.5 Å². The molecular weight excluding hydrogens is 260 g/mol. The highest BCUT2D eigenvalue weighted by Crippen LogP contribution is 2.30. The molecule has 1 aliphatic heterocycles. The van der Waals surface area contributed by atoms with Gasteiger partial charge in [0.25, 0.3) is 0 Å². The number of likely N-dealkylation sites (tertiary alicyclic amines) is 1. The number of benzene rings is 2. The Labute approximate surface area is 126 Å². The monoisotopic (exact) mass is 284 g/mol. The number of hydrogen-bond donors (Lipinski definition) is 1. The van der Waals surface area contributed by atoms with Crippen LogP contribution in [0, 0.1) is 5.92 Å². The smallest absolute Gasteiger partial charge is 0.123 e. The Bertz CT molecular complexity index is 611. The van der Waals surface area contributed by atoms with Gasteiger partial charge in [-0.3, -0.25) is 4.90 Å². The minimum Gasteiger partial charge on any atom is -0.496 e. The third-order valence-electron chi connectivity index (χ3n) is 4.54. The van der Waals surface area contributed by atoms with E-state index in [0.29, 0.717) is 5.92 Å². The van der Waals surface area contributed by atoms with Crippen LogP contribution in [0.5, 0.6) is 5.75 Å². The zero-order valence-corrected chi connectivity index (χ0v) is 12.7. The summed E-state index contributed by atoms with van der Waals surface area (Å²) in [6.45, 7) is 4.00. The molecule has 1 aliphatic rings. The predicted octanol–water partition coefficient (Wildman–Crippen LogP) is 3.02. The Morgan fingerprint density at radius 1 is 1.24 bits per heavy atom. The first-order valence-corrected chi connectivity index (χ1v) is 7.79. The largest absolute Gasteiger partial charge is 0.496 e. The van der Waals surface area contributed by atoms with Crippen molar-refractivity contribution in [3.63, 3.8) is 0 Å². The van der Waals surface area contributed by atoms with Crippen LogP contribution in [0.1, 0.15) is 18.4 Å². The third kappa shape index (κ3) is 3.04. The average Bonchev–Trinajstić information content (AvgIpc) is 2.55. The Kier molecular flexibility index (Phi) is 4.42. The lowest BCUT2D eigenvalue weighted by Gasteiger charge is -2.32. The summed E-state index contributed by atoms with van der Waals surface area (Å²) in [5, 5.41) is 2.58. The Morgan fingerprint density at radius 2 is 2.10 bits per heavy atom. The van der Waals surface area contributed by atoms with E-state index in [4.69, 9.17) is 10.5 Å². The number of ether oxygens (including phenoxy) is 1. The van der Waals surface area contributed by atoms with Crippen LogP contribution in [0.3, 0.4) is 0 Å². The molecule has 0 saturated carbocycles. The molecule has 0 radical (unpaired) electrons. The summed E-state index contributed by atoms with van der Waals surface area (Å²) in [6.07, 6.45) is 2.51. The molecule has 3 nitrogen and oxygen atoms in total. The van der Waals surface area contributed by atoms with Crippen LogP contribution in [-0.2, 0) is 6.54 Å². The van der Waals surface area contributed by atoms with Crippen LogP contribution in [0.15, 0.2) is 36.4 Å². The minimum atomic E-state index is 0.639. The van der Waals surface area contributed by atoms with Crippen LogP contribution in [0.25, 0.3) is 10.8 Å². The summed E-state index contributed by atoms with van der Waals surface area (Å²) in [4.78, 5) is 2.52. The second-order valence-corrected chi connectivity index (χ2v) is 5.95. The first-order valence-electron chi connectivity index (χ1n) is 7.79. The van der Waals surface area contributed by atoms with Gasteiger partial charge in [0, 0.05) is 18.7 Å². The number of fused-ring (bicyclic) bond motifs is 1. The van der Waals surface area contributed by atoms with Crippen molar-refractivity contribution >= 4 is 10.8 Å². The lowest BCUT2D eigenvalue weighted by Crippen LogP contribution is -2.37. The van der Waals surface area contributed by atoms with Crippen molar-refractivity contribution in [2.75, 3.05) is 26.7 Å². The second kappa shape index (κ2) is 6.46. The molecule has 1 heterocycles. The van der Waals surface area contributed by atoms with Crippen molar-refractivity contribution in [3.8, 4) is 5.75 Å². The molecule has 0 spiro atoms. The highest BCUT2D eigenvalue weighted by Gasteiger charge is 2.20. The maximum absolute atomic E-state index is 5.85. The molecule has 1 saturated heterocycles. The van der Waals surface area contributed by atoms with Gasteiger partial charge in [-0.1, -0.05) is 30.3 Å². The summed E-state index contributed by atoms with van der Waals surface area (Å²) >= 11 is 0. The summed E-state index contributed by atoms with van der Waals surface area (Å²) < 4.78 is 5.60. The fourth-order valence-corrected chi connectivity index (χ4v) is 3.38. The van der Waals surface area contributed by atoms with E-state index in [1.807, 2.05) is 0 Å². The van der Waals surface area contributed by atoms with Gasteiger partial charge in [-0.25, -0.2) is 0 Å². The van der Waals surface area contributed by atoms with E-state index in [0.717, 1.165) is 31.9 Å². The van der Waals surface area contributed by atoms with Gasteiger partial charge in [-0.15, -0.1) is 0 Å². The molecule has 2 aromatic carbocycles. The molecule has 3 heteroatoms. The number of nitrogens with two attached hydrogens (primary N) is 1. The molecule has 1 unspecified atom stereocenters. The maximum atomic E-state index is 5.85. The molecule has 0 bridgehead atoms. The van der Waals surface area contributed by atoms with Gasteiger partial charge >= 0.3 is 0 Å². The SMILES string of the molecule is COc1ccc2ccccc2c1CN1CCCC(CN)C1. The molecular formula is C18H24N2O. The van der Waals surface area contributed by atoms with Gasteiger partial charge in [-0.2, -0.15) is 0 Å². The zero-order chi connectivity index (χ0) is 14.7. The average molecular weight is 284 g/mol. The van der Waals surface area contributed by atoms with Gasteiger partial charge in [-0.05, 0) is 48.7 Å². The maximum Gasteiger partial charge on any atom is 0.123 e. The molecule has 0 aromatic heterocycles. The molecule has 0 amide bonds. The third-order valence-corrected chi connectivity index (χ3v) is 4.54. The second-order valence-electron chi connectivity index (χ2n) is 5.95. The van der Waals surface area contributed by atoms with Gasteiger partial charge in [0.15, 0.2) is 0 Å². The van der Waals surface area contributed by atoms with E-state index in [-0.39, 0.29) is 0 Å². The molecule has 3 rings (SSSR count). The summed E-state index contributed by atoms with van der Waals surface area (Å²) in [5.74, 6) is 1.63. The van der Waals surface area contributed by atoms with Crippen molar-refractivity contribution < 1.29 is 4.74 Å². The van der Waals surface area contributed by atoms with Crippen molar-refractivity contribution in [2.24, 2.45) is 11.7 Å². The van der Waals surface area contributed by atoms with Crippen molar-refractivity contribution in [1.82, 2.24) is 4.90 Å². The van der Waals surface area contributed by atoms with E-state index in [1.54, 1.807) is 7.11 Å². The molecule has 112 valence electrons. The highest BCUT2D eigenvalue weighted by molar-refractivity contribution is 5.87. The number of rotatable bonds is 4. The zero-order valence-electron chi connectivity index (χ0n) is 12.7. The van der Waals surface area contributed by atoms with Crippen molar-refractivity contribution in [2.45, 2.75) is 19.4 Å². The van der Waals surface area contributed by atoms with E-state index in [1.165, 1.54) is 29.2 Å². The van der Waals surface area contributed by atoms with Crippen molar-refractivity contribution in [3.05, 3.63) is 42.0 Å². The number of hydrogen-bond acceptors (Lipinski definition) is 3. The van der Waals surface area contributed by atoms with Crippen molar-refractivity contribution in [1.29, 1.82) is 0 Å². The fraction of sp³-hybridized carbons (Fsp3) is 0.444. The fourth-order valence-electron chi connectivity index (χ4n) is 3.38. The highest BCUT2D eigenvalue weighted by atomic mass is 16.5. The van der Waals surface area contributed by atoms with E-state index in [9.17, 15) is 0 Å². The first-order chi connectivity index (χ1) is 10.3. The van der Waals surface area contributed by atoms with E-state index >= 15 is 0 Å². The molecule has 1 fully saturated rings. The molecule has 1 atom stereocenters. The Balaban J connectivity index is 1.91. The quantitative estimate of drug-likeness (QED) is 0.938. The first kappa shape index (κ1) is 14.4. The number of nitrogens with zero attached hydrogens (tertiary/aromatic N) is 1. The summed E-state index contributed by atoms with van der Waals surface area (Å²) in [5.41, 5.74) is 7.15. The normalized spacial score (nSPS) is 19.8. The standard InChI is InChI=1S/C18H24N2O/c1-21-18-9-8-15-6-2-3-7-16(15)17(18)13-20-10-4-5-14(11-19)12-20/h2-3,6-9,14H,4-5,10-13,19H2,1H3. The lowest BCUT2D eigenvalue weighted by atomic mass is 9.96. The lowest BCUT2D eigenvalue weighted by molar-refractivity contribution is 0.170. The summed E-state index contributed by atoms with van der Waals surface area (Å²) in [7, 11) is 1.76. The van der Waals surface area contributed by atoms with E-state index < -0.39 is 0 Å². The van der Waals surface area contributed by atoms with Gasteiger partial charge in [0.05, 0.1) is 7.11 Å². The van der Waals surface area contributed by atoms with Gasteiger partial charge < -0.3 is 10.5 Å². The van der Waals surface area contributed by atoms with Crippen LogP contribution in [0.2, 0.25) is 0 Å². The van der Waals surface area contributed by atoms with Gasteiger partial charge in [0.1, 0.15) is 5.75 Å². The molecule has 2 N–H and O–H groups in total. The van der Waals surface area contributed by atoms with Crippen LogP contribution >= 0.6 is 0 Å². The molecule has 0 aliphatic carbocycles. The number of methoxy groups -OCH3 is 1. The van der Waals surface area contributed by atoms with Crippen LogP contribution in [0.4, 0.5) is 0 Å². The minimum absolute atomic E-state index is 0.639. The van der Waals surface area contributed by atoms with Crippen LogP contribution in [-0.4, -0.2) is 31.6 Å². The Morgan fingerprint density at radius 3 is 2.90 bits per heavy atom. The summed E-state index contributed by atoms with van der Waals surface area (Å²) in [6, 6.07) is 12.8. The van der Waals surface area contributed by atoms with E-state index in [2.05, 4.69) is 41.3 Å². The van der Waals surface area contributed by atoms with Gasteiger partial charge in [0.2, 0.25) is 0 Å². The topological polar surface area (TPSA) is 38.5 Å². The molecule has 21 heavy (non-hydrogen) atoms. The Hall–Kier alpha value is -1.58. The molecule has 2 aromatic rings. The predicted molar refractivity (Wildman–Crippen MR) is 87.6 cm³/mol.